The number of urea groups is 1. The quantitative estimate of drug-likeness (QED) is 0.533. The standard InChI is InChI=1S/C10H10N2O6/c11-10(17)12-8(15)4-18-9(16)6-2-1-5(13)3-7(6)14/h1-3,13-14H,4H2,(H3,11,12,15,17). The van der Waals surface area contributed by atoms with Crippen molar-refractivity contribution >= 4 is 17.9 Å². The molecule has 0 aliphatic carbocycles. The maximum Gasteiger partial charge on any atom is 0.342 e. The highest BCUT2D eigenvalue weighted by atomic mass is 16.5. The van der Waals surface area contributed by atoms with Crippen LogP contribution in [-0.4, -0.2) is 34.7 Å². The number of hydrogen-bond acceptors (Lipinski definition) is 6. The van der Waals surface area contributed by atoms with Crippen LogP contribution in [-0.2, 0) is 9.53 Å². The SMILES string of the molecule is NC(=O)NC(=O)COC(=O)c1ccc(O)cc1O. The molecule has 8 heteroatoms. The van der Waals surface area contributed by atoms with Crippen molar-refractivity contribution in [2.75, 3.05) is 6.61 Å². The summed E-state index contributed by atoms with van der Waals surface area (Å²) in [7, 11) is 0. The molecular weight excluding hydrogens is 244 g/mol. The number of carbonyl (C=O) groups is 3. The molecule has 0 aromatic heterocycles. The van der Waals surface area contributed by atoms with Crippen LogP contribution in [0.3, 0.4) is 0 Å². The van der Waals surface area contributed by atoms with Crippen LogP contribution in [0.25, 0.3) is 0 Å². The van der Waals surface area contributed by atoms with Crippen LogP contribution in [0, 0.1) is 0 Å². The Labute approximate surface area is 101 Å². The number of aromatic hydroxyl groups is 2. The first kappa shape index (κ1) is 13.3. The van der Waals surface area contributed by atoms with Crippen LogP contribution in [0.1, 0.15) is 10.4 Å². The van der Waals surface area contributed by atoms with Crippen molar-refractivity contribution in [3.8, 4) is 11.5 Å². The molecule has 0 radical (unpaired) electrons. The van der Waals surface area contributed by atoms with E-state index >= 15 is 0 Å². The highest BCUT2D eigenvalue weighted by molar-refractivity contribution is 5.97. The van der Waals surface area contributed by atoms with E-state index in [0.29, 0.717) is 0 Å². The molecule has 96 valence electrons. The predicted molar refractivity (Wildman–Crippen MR) is 57.8 cm³/mol. The summed E-state index contributed by atoms with van der Waals surface area (Å²) in [6, 6.07) is 2.17. The third-order valence-electron chi connectivity index (χ3n) is 1.80. The number of amides is 3. The van der Waals surface area contributed by atoms with Crippen molar-refractivity contribution in [1.82, 2.24) is 5.32 Å². The van der Waals surface area contributed by atoms with Gasteiger partial charge in [-0.2, -0.15) is 0 Å². The third kappa shape index (κ3) is 3.67. The first-order valence-corrected chi connectivity index (χ1v) is 4.68. The monoisotopic (exact) mass is 254 g/mol. The maximum absolute atomic E-state index is 11.4. The molecule has 0 spiro atoms. The van der Waals surface area contributed by atoms with E-state index in [1.165, 1.54) is 6.07 Å². The molecule has 0 aliphatic rings. The molecule has 0 bridgehead atoms. The maximum atomic E-state index is 11.4. The largest absolute Gasteiger partial charge is 0.508 e. The molecule has 5 N–H and O–H groups in total. The van der Waals surface area contributed by atoms with E-state index in [1.807, 2.05) is 0 Å². The van der Waals surface area contributed by atoms with Gasteiger partial charge in [0, 0.05) is 6.07 Å². The summed E-state index contributed by atoms with van der Waals surface area (Å²) in [5, 5.41) is 20.0. The summed E-state index contributed by atoms with van der Waals surface area (Å²) in [6.45, 7) is -0.720. The zero-order chi connectivity index (χ0) is 13.7. The molecule has 0 unspecified atom stereocenters. The number of primary amides is 1. The second kappa shape index (κ2) is 5.53. The summed E-state index contributed by atoms with van der Waals surface area (Å²) >= 11 is 0. The third-order valence-corrected chi connectivity index (χ3v) is 1.80. The van der Waals surface area contributed by atoms with Crippen molar-refractivity contribution in [3.63, 3.8) is 0 Å². The summed E-state index contributed by atoms with van der Waals surface area (Å²) in [4.78, 5) is 32.6. The highest BCUT2D eigenvalue weighted by Gasteiger charge is 2.15. The summed E-state index contributed by atoms with van der Waals surface area (Å²) in [5.74, 6) is -2.59. The Bertz CT molecular complexity index is 499. The molecule has 0 fully saturated rings. The Balaban J connectivity index is 2.60. The summed E-state index contributed by atoms with van der Waals surface area (Å²) in [6.07, 6.45) is 0. The van der Waals surface area contributed by atoms with Crippen molar-refractivity contribution < 1.29 is 29.3 Å². The van der Waals surface area contributed by atoms with Gasteiger partial charge >= 0.3 is 12.0 Å². The van der Waals surface area contributed by atoms with Gasteiger partial charge in [0.2, 0.25) is 0 Å². The van der Waals surface area contributed by atoms with Gasteiger partial charge in [-0.25, -0.2) is 9.59 Å². The van der Waals surface area contributed by atoms with E-state index in [4.69, 9.17) is 5.11 Å². The average Bonchev–Trinajstić information content (AvgIpc) is 2.25. The number of nitrogens with one attached hydrogen (secondary N) is 1. The fraction of sp³-hybridized carbons (Fsp3) is 0.100. The van der Waals surface area contributed by atoms with Crippen LogP contribution >= 0.6 is 0 Å². The fourth-order valence-corrected chi connectivity index (χ4v) is 1.07. The van der Waals surface area contributed by atoms with Crippen LogP contribution in [0.4, 0.5) is 4.79 Å². The second-order valence-corrected chi connectivity index (χ2v) is 3.19. The topological polar surface area (TPSA) is 139 Å². The Kier molecular flexibility index (Phi) is 4.08. The van der Waals surface area contributed by atoms with E-state index in [-0.39, 0.29) is 11.3 Å². The zero-order valence-electron chi connectivity index (χ0n) is 9.04. The van der Waals surface area contributed by atoms with E-state index in [1.54, 1.807) is 5.32 Å². The number of esters is 1. The van der Waals surface area contributed by atoms with Gasteiger partial charge < -0.3 is 20.7 Å². The van der Waals surface area contributed by atoms with Gasteiger partial charge in [0.15, 0.2) is 6.61 Å². The number of hydrogen-bond donors (Lipinski definition) is 4. The van der Waals surface area contributed by atoms with E-state index in [0.717, 1.165) is 12.1 Å². The second-order valence-electron chi connectivity index (χ2n) is 3.19. The Hall–Kier alpha value is -2.77. The van der Waals surface area contributed by atoms with E-state index in [2.05, 4.69) is 10.5 Å². The van der Waals surface area contributed by atoms with Crippen molar-refractivity contribution in [2.24, 2.45) is 5.73 Å². The number of benzene rings is 1. The van der Waals surface area contributed by atoms with Crippen LogP contribution in [0.5, 0.6) is 11.5 Å². The van der Waals surface area contributed by atoms with Crippen LogP contribution in [0.15, 0.2) is 18.2 Å². The molecule has 3 amide bonds. The van der Waals surface area contributed by atoms with Crippen molar-refractivity contribution in [1.29, 1.82) is 0 Å². The molecule has 8 nitrogen and oxygen atoms in total. The zero-order valence-corrected chi connectivity index (χ0v) is 9.04. The molecule has 18 heavy (non-hydrogen) atoms. The minimum absolute atomic E-state index is 0.223. The lowest BCUT2D eigenvalue weighted by atomic mass is 10.2. The van der Waals surface area contributed by atoms with E-state index in [9.17, 15) is 19.5 Å². The first-order chi connectivity index (χ1) is 8.40. The molecule has 0 saturated heterocycles. The number of imide groups is 1. The Morgan fingerprint density at radius 3 is 2.50 bits per heavy atom. The van der Waals surface area contributed by atoms with Crippen LogP contribution in [0.2, 0.25) is 0 Å². The molecular formula is C10H10N2O6. The lowest BCUT2D eigenvalue weighted by molar-refractivity contribution is -0.123. The van der Waals surface area contributed by atoms with Gasteiger partial charge in [-0.15, -0.1) is 0 Å². The summed E-state index contributed by atoms with van der Waals surface area (Å²) < 4.78 is 4.51. The van der Waals surface area contributed by atoms with Gasteiger partial charge in [-0.1, -0.05) is 0 Å². The summed E-state index contributed by atoms with van der Waals surface area (Å²) in [5.41, 5.74) is 4.45. The normalized spacial score (nSPS) is 9.56. The lowest BCUT2D eigenvalue weighted by Gasteiger charge is -2.06. The van der Waals surface area contributed by atoms with Gasteiger partial charge in [-0.05, 0) is 12.1 Å². The number of rotatable bonds is 3. The smallest absolute Gasteiger partial charge is 0.342 e. The molecule has 0 aliphatic heterocycles. The van der Waals surface area contributed by atoms with Gasteiger partial charge in [0.05, 0.1) is 0 Å². The molecule has 1 aromatic carbocycles. The Morgan fingerprint density at radius 1 is 1.28 bits per heavy atom. The average molecular weight is 254 g/mol. The number of nitrogens with two attached hydrogens (primary N) is 1. The molecule has 1 rings (SSSR count). The van der Waals surface area contributed by atoms with Gasteiger partial charge in [0.1, 0.15) is 17.1 Å². The molecule has 0 heterocycles. The van der Waals surface area contributed by atoms with Crippen molar-refractivity contribution in [2.45, 2.75) is 0 Å². The predicted octanol–water partition coefficient (Wildman–Crippen LogP) is -0.550. The first-order valence-electron chi connectivity index (χ1n) is 4.68. The lowest BCUT2D eigenvalue weighted by Crippen LogP contribution is -2.37. The van der Waals surface area contributed by atoms with Crippen molar-refractivity contribution in [3.05, 3.63) is 23.8 Å². The Morgan fingerprint density at radius 2 is 1.94 bits per heavy atom. The van der Waals surface area contributed by atoms with E-state index < -0.39 is 30.3 Å². The van der Waals surface area contributed by atoms with Crippen LogP contribution < -0.4 is 11.1 Å². The number of phenols is 2. The number of carbonyl (C=O) groups excluding carboxylic acids is 3. The minimum atomic E-state index is -1.07. The molecule has 0 saturated carbocycles. The minimum Gasteiger partial charge on any atom is -0.508 e. The highest BCUT2D eigenvalue weighted by Crippen LogP contribution is 2.22. The molecule has 0 atom stereocenters. The molecule has 1 aromatic rings. The number of phenolic OH excluding ortho intramolecular Hbond substituents is 2. The fourth-order valence-electron chi connectivity index (χ4n) is 1.07. The van der Waals surface area contributed by atoms with Gasteiger partial charge in [0.25, 0.3) is 5.91 Å². The van der Waals surface area contributed by atoms with Gasteiger partial charge in [-0.3, -0.25) is 10.1 Å². The number of ether oxygens (including phenoxy) is 1.